The van der Waals surface area contributed by atoms with Crippen LogP contribution in [0.25, 0.3) is 22.2 Å². The van der Waals surface area contributed by atoms with Gasteiger partial charge in [-0.2, -0.15) is 0 Å². The zero-order valence-corrected chi connectivity index (χ0v) is 16.2. The third kappa shape index (κ3) is 3.59. The van der Waals surface area contributed by atoms with E-state index >= 15 is 0 Å². The number of hydrogen-bond acceptors (Lipinski definition) is 8. The number of benzene rings is 1. The first-order valence-electron chi connectivity index (χ1n) is 9.45. The molecule has 31 heavy (non-hydrogen) atoms. The van der Waals surface area contributed by atoms with Crippen LogP contribution in [0.5, 0.6) is 0 Å². The molecular formula is C20H21N5O6. The highest BCUT2D eigenvalue weighted by atomic mass is 16.4. The van der Waals surface area contributed by atoms with E-state index in [-0.39, 0.29) is 23.0 Å². The second-order valence-electron chi connectivity index (χ2n) is 7.19. The maximum absolute atomic E-state index is 13.4. The zero-order chi connectivity index (χ0) is 22.3. The maximum Gasteiger partial charge on any atom is 0.279 e. The standard InChI is InChI=1S/C20H21N5O6/c1-9-22-18-16(19(30)23-9)24-15(11-6-21-12-5-3-2-4-10(11)12)20(31)25(18)7-13(27)17(29)14(28)8-26/h2-6,13-14,17,21-22,26-29H,1,7-8H2,(H,23,30)/t13-,14+,17-/m0/s1. The predicted molar refractivity (Wildman–Crippen MR) is 111 cm³/mol. The fourth-order valence-electron chi connectivity index (χ4n) is 3.50. The number of H-pyrrole nitrogens is 1. The number of carbonyl (C=O) groups is 1. The maximum atomic E-state index is 13.4. The van der Waals surface area contributed by atoms with Gasteiger partial charge < -0.3 is 36.0 Å². The molecule has 0 fully saturated rings. The van der Waals surface area contributed by atoms with Crippen LogP contribution in [0.1, 0.15) is 10.5 Å². The van der Waals surface area contributed by atoms with Crippen molar-refractivity contribution >= 4 is 22.6 Å². The topological polar surface area (TPSA) is 173 Å². The third-order valence-electron chi connectivity index (χ3n) is 5.10. The highest BCUT2D eigenvalue weighted by Crippen LogP contribution is 2.28. The van der Waals surface area contributed by atoms with Gasteiger partial charge >= 0.3 is 0 Å². The number of rotatable bonds is 6. The Morgan fingerprint density at radius 3 is 2.55 bits per heavy atom. The molecule has 1 aliphatic rings. The molecule has 0 saturated heterocycles. The number of nitrogens with one attached hydrogen (secondary N) is 3. The smallest absolute Gasteiger partial charge is 0.279 e. The van der Waals surface area contributed by atoms with Gasteiger partial charge in [0.2, 0.25) is 0 Å². The number of aliphatic hydroxyl groups is 4. The second-order valence-corrected chi connectivity index (χ2v) is 7.19. The minimum atomic E-state index is -1.72. The minimum absolute atomic E-state index is 0.00733. The molecule has 0 bridgehead atoms. The van der Waals surface area contributed by atoms with Crippen LogP contribution in [0, 0.1) is 0 Å². The van der Waals surface area contributed by atoms with Gasteiger partial charge in [-0.15, -0.1) is 0 Å². The normalized spacial score (nSPS) is 16.4. The number of carbonyl (C=O) groups excluding carboxylic acids is 1. The molecule has 1 amide bonds. The first-order chi connectivity index (χ1) is 14.8. The molecule has 11 heteroatoms. The van der Waals surface area contributed by atoms with Crippen LogP contribution in [-0.4, -0.2) is 65.8 Å². The third-order valence-corrected chi connectivity index (χ3v) is 5.10. The van der Waals surface area contributed by atoms with Gasteiger partial charge in [-0.1, -0.05) is 24.8 Å². The lowest BCUT2D eigenvalue weighted by Gasteiger charge is -2.27. The van der Waals surface area contributed by atoms with Crippen molar-refractivity contribution in [2.24, 2.45) is 0 Å². The van der Waals surface area contributed by atoms with Gasteiger partial charge in [0.05, 0.1) is 13.2 Å². The van der Waals surface area contributed by atoms with Gasteiger partial charge in [0.25, 0.3) is 11.5 Å². The second kappa shape index (κ2) is 7.96. The number of para-hydroxylation sites is 1. The lowest BCUT2D eigenvalue weighted by Crippen LogP contribution is -2.45. The summed E-state index contributed by atoms with van der Waals surface area (Å²) in [6, 6.07) is 7.24. The molecule has 2 aromatic heterocycles. The molecule has 0 unspecified atom stereocenters. The summed E-state index contributed by atoms with van der Waals surface area (Å²) in [6.45, 7) is 2.37. The first-order valence-corrected chi connectivity index (χ1v) is 9.45. The van der Waals surface area contributed by atoms with E-state index in [0.717, 1.165) is 10.1 Å². The van der Waals surface area contributed by atoms with E-state index in [9.17, 15) is 24.9 Å². The number of fused-ring (bicyclic) bond motifs is 2. The number of anilines is 1. The van der Waals surface area contributed by atoms with Crippen LogP contribution in [0.15, 0.2) is 47.7 Å². The summed E-state index contributed by atoms with van der Waals surface area (Å²) >= 11 is 0. The van der Waals surface area contributed by atoms with E-state index in [2.05, 4.69) is 27.2 Å². The van der Waals surface area contributed by atoms with Crippen molar-refractivity contribution in [1.82, 2.24) is 19.9 Å². The van der Waals surface area contributed by atoms with Gasteiger partial charge in [-0.3, -0.25) is 14.2 Å². The average Bonchev–Trinajstić information content (AvgIpc) is 3.18. The van der Waals surface area contributed by atoms with E-state index in [1.165, 1.54) is 0 Å². The summed E-state index contributed by atoms with van der Waals surface area (Å²) < 4.78 is 1.06. The number of nitrogens with zero attached hydrogens (tertiary/aromatic N) is 2. The summed E-state index contributed by atoms with van der Waals surface area (Å²) in [5.41, 5.74) is 0.449. The van der Waals surface area contributed by atoms with Gasteiger partial charge in [-0.25, -0.2) is 4.98 Å². The van der Waals surface area contributed by atoms with Crippen LogP contribution in [0.2, 0.25) is 0 Å². The molecule has 7 N–H and O–H groups in total. The monoisotopic (exact) mass is 427 g/mol. The van der Waals surface area contributed by atoms with Gasteiger partial charge in [0.15, 0.2) is 5.69 Å². The molecule has 1 aliphatic heterocycles. The molecule has 11 nitrogen and oxygen atoms in total. The van der Waals surface area contributed by atoms with Crippen LogP contribution < -0.4 is 16.2 Å². The average molecular weight is 427 g/mol. The quantitative estimate of drug-likeness (QED) is 0.265. The molecule has 0 saturated carbocycles. The summed E-state index contributed by atoms with van der Waals surface area (Å²) in [4.78, 5) is 33.2. The van der Waals surface area contributed by atoms with E-state index in [4.69, 9.17) is 5.11 Å². The Morgan fingerprint density at radius 1 is 1.06 bits per heavy atom. The first kappa shape index (κ1) is 20.8. The number of aliphatic hydroxyl groups excluding tert-OH is 4. The Morgan fingerprint density at radius 2 is 1.81 bits per heavy atom. The summed E-state index contributed by atoms with van der Waals surface area (Å²) in [7, 11) is 0. The molecule has 3 aromatic rings. The molecule has 0 aliphatic carbocycles. The molecule has 3 atom stereocenters. The van der Waals surface area contributed by atoms with Crippen LogP contribution in [0.4, 0.5) is 5.82 Å². The number of amides is 1. The van der Waals surface area contributed by atoms with Crippen molar-refractivity contribution < 1.29 is 25.2 Å². The van der Waals surface area contributed by atoms with Crippen LogP contribution >= 0.6 is 0 Å². The summed E-state index contributed by atoms with van der Waals surface area (Å²) in [5.74, 6) is -0.496. The molecular weight excluding hydrogens is 406 g/mol. The van der Waals surface area contributed by atoms with Crippen molar-refractivity contribution in [3.8, 4) is 11.3 Å². The highest BCUT2D eigenvalue weighted by molar-refractivity contribution is 6.02. The van der Waals surface area contributed by atoms with Crippen LogP contribution in [0.3, 0.4) is 0 Å². The minimum Gasteiger partial charge on any atom is -0.394 e. The van der Waals surface area contributed by atoms with Crippen molar-refractivity contribution in [3.63, 3.8) is 0 Å². The van der Waals surface area contributed by atoms with E-state index in [0.29, 0.717) is 10.9 Å². The fraction of sp³-hybridized carbons (Fsp3) is 0.250. The SMILES string of the molecule is C=C1NC(=O)c2nc(-c3c[nH]c4ccccc34)c(=O)n(C[C@H](O)[C@H](O)[C@H](O)CO)c2N1. The van der Waals surface area contributed by atoms with Crippen molar-refractivity contribution in [2.75, 3.05) is 11.9 Å². The molecule has 162 valence electrons. The van der Waals surface area contributed by atoms with E-state index < -0.39 is 42.9 Å². The highest BCUT2D eigenvalue weighted by Gasteiger charge is 2.31. The number of aromatic nitrogens is 3. The van der Waals surface area contributed by atoms with Gasteiger partial charge in [0, 0.05) is 22.7 Å². The zero-order valence-electron chi connectivity index (χ0n) is 16.2. The van der Waals surface area contributed by atoms with Crippen molar-refractivity contribution in [1.29, 1.82) is 0 Å². The summed E-state index contributed by atoms with van der Waals surface area (Å²) in [5, 5.41) is 45.0. The Balaban J connectivity index is 1.90. The largest absolute Gasteiger partial charge is 0.394 e. The van der Waals surface area contributed by atoms with Crippen LogP contribution in [-0.2, 0) is 6.54 Å². The Kier molecular flexibility index (Phi) is 5.33. The Labute approximate surface area is 175 Å². The van der Waals surface area contributed by atoms with Gasteiger partial charge in [-0.05, 0) is 6.07 Å². The van der Waals surface area contributed by atoms with E-state index in [1.807, 2.05) is 12.1 Å². The van der Waals surface area contributed by atoms with Crippen molar-refractivity contribution in [3.05, 3.63) is 58.9 Å². The van der Waals surface area contributed by atoms with E-state index in [1.54, 1.807) is 18.3 Å². The molecule has 1 aromatic carbocycles. The number of aromatic amines is 1. The predicted octanol–water partition coefficient (Wildman–Crippen LogP) is -0.907. The molecule has 4 rings (SSSR count). The molecule has 0 radical (unpaired) electrons. The number of hydrogen-bond donors (Lipinski definition) is 7. The summed E-state index contributed by atoms with van der Waals surface area (Å²) in [6.07, 6.45) is -3.36. The van der Waals surface area contributed by atoms with Crippen molar-refractivity contribution in [2.45, 2.75) is 24.9 Å². The molecule has 0 spiro atoms. The van der Waals surface area contributed by atoms with Gasteiger partial charge in [0.1, 0.15) is 35.6 Å². The fourth-order valence-corrected chi connectivity index (χ4v) is 3.50. The lowest BCUT2D eigenvalue weighted by molar-refractivity contribution is -0.0807. The molecule has 3 heterocycles. The Hall–Kier alpha value is -3.51. The Bertz CT molecular complexity index is 1230. The lowest BCUT2D eigenvalue weighted by atomic mass is 10.1.